The molecule has 0 bridgehead atoms. The quantitative estimate of drug-likeness (QED) is 0.0959. The van der Waals surface area contributed by atoms with Crippen molar-refractivity contribution in [2.75, 3.05) is 6.54 Å². The Hall–Kier alpha value is -0.416. The van der Waals surface area contributed by atoms with Crippen LogP contribution in [0.15, 0.2) is 30.3 Å². The molecule has 0 amide bonds. The number of allylic oxidation sites excluding steroid dienone is 2. The average molecular weight is 394 g/mol. The zero-order chi connectivity index (χ0) is 19.7. The van der Waals surface area contributed by atoms with Gasteiger partial charge in [0.15, 0.2) is 0 Å². The molecule has 0 rings (SSSR count). The van der Waals surface area contributed by atoms with Crippen molar-refractivity contribution in [1.29, 1.82) is 0 Å². The van der Waals surface area contributed by atoms with E-state index in [2.05, 4.69) is 62.7 Å². The lowest BCUT2D eigenvalue weighted by Crippen LogP contribution is -2.23. The van der Waals surface area contributed by atoms with E-state index in [0.29, 0.717) is 0 Å². The van der Waals surface area contributed by atoms with Crippen molar-refractivity contribution in [1.82, 2.24) is 0 Å². The molecule has 0 aromatic carbocycles. The van der Waals surface area contributed by atoms with Gasteiger partial charge in [-0.15, -0.1) is 13.2 Å². The maximum Gasteiger partial charge on any atom is 0.0514 e. The second kappa shape index (κ2) is 15.6. The first-order chi connectivity index (χ1) is 12.3. The first-order valence-electron chi connectivity index (χ1n) is 11.0. The minimum Gasteiger partial charge on any atom is -0.298 e. The van der Waals surface area contributed by atoms with E-state index < -0.39 is 16.1 Å². The summed E-state index contributed by atoms with van der Waals surface area (Å²) in [5, 5.41) is 0. The molecule has 0 spiro atoms. The van der Waals surface area contributed by atoms with Crippen LogP contribution in [-0.2, 0) is 0 Å². The summed E-state index contributed by atoms with van der Waals surface area (Å²) in [6.07, 6.45) is 18.7. The molecule has 0 N–H and O–H groups in total. The maximum atomic E-state index is 4.60. The number of unbranched alkanes of at least 4 members (excludes halogenated alkanes) is 7. The summed E-state index contributed by atoms with van der Waals surface area (Å²) >= 11 is 0. The van der Waals surface area contributed by atoms with Gasteiger partial charge in [0.05, 0.1) is 16.1 Å². The molecule has 0 unspecified atom stereocenters. The average Bonchev–Trinajstić information content (AvgIpc) is 2.55. The van der Waals surface area contributed by atoms with E-state index >= 15 is 0 Å². The molecule has 0 radical (unpaired) electrons. The second-order valence-corrected chi connectivity index (χ2v) is 20.0. The molecule has 152 valence electrons. The predicted molar refractivity (Wildman–Crippen MR) is 129 cm³/mol. The van der Waals surface area contributed by atoms with E-state index in [-0.39, 0.29) is 0 Å². The van der Waals surface area contributed by atoms with Gasteiger partial charge in [-0.3, -0.25) is 4.99 Å². The van der Waals surface area contributed by atoms with E-state index in [1.165, 1.54) is 82.0 Å². The Morgan fingerprint density at radius 2 is 1.12 bits per heavy atom. The van der Waals surface area contributed by atoms with Gasteiger partial charge in [0.2, 0.25) is 0 Å². The fourth-order valence-corrected chi connectivity index (χ4v) is 7.58. The number of nitrogens with zero attached hydrogens (tertiary/aromatic N) is 1. The smallest absolute Gasteiger partial charge is 0.0514 e. The fourth-order valence-electron chi connectivity index (χ4n) is 3.49. The van der Waals surface area contributed by atoms with E-state index in [1.54, 1.807) is 0 Å². The Balaban J connectivity index is 3.37. The Kier molecular flexibility index (Phi) is 15.4. The summed E-state index contributed by atoms with van der Waals surface area (Å²) in [7, 11) is -1.98. The summed E-state index contributed by atoms with van der Waals surface area (Å²) in [6, 6.07) is 5.33. The monoisotopic (exact) mass is 393 g/mol. The third-order valence-corrected chi connectivity index (χ3v) is 11.5. The number of aliphatic imine (C=N–C) groups is 1. The molecular formula is C23H47NSi2. The molecule has 0 aromatic heterocycles. The van der Waals surface area contributed by atoms with Crippen LogP contribution in [0.3, 0.4) is 0 Å². The molecule has 26 heavy (non-hydrogen) atoms. The van der Waals surface area contributed by atoms with E-state index in [4.69, 9.17) is 0 Å². The SMILES string of the molecule is C=CC[Si](C)(C)CCC=NCCCCCCCCCC[Si](C)(C)CC=C. The van der Waals surface area contributed by atoms with Crippen LogP contribution in [0, 0.1) is 0 Å². The van der Waals surface area contributed by atoms with Crippen molar-refractivity contribution in [3.63, 3.8) is 0 Å². The van der Waals surface area contributed by atoms with Crippen LogP contribution in [0.2, 0.25) is 50.4 Å². The van der Waals surface area contributed by atoms with Crippen molar-refractivity contribution in [2.45, 2.75) is 108 Å². The van der Waals surface area contributed by atoms with Gasteiger partial charge in [-0.05, 0) is 31.1 Å². The predicted octanol–water partition coefficient (Wildman–Crippen LogP) is 8.36. The molecule has 0 fully saturated rings. The molecular weight excluding hydrogens is 346 g/mol. The summed E-state index contributed by atoms with van der Waals surface area (Å²) in [5.74, 6) is 0. The molecule has 0 saturated carbocycles. The van der Waals surface area contributed by atoms with Crippen LogP contribution in [0.25, 0.3) is 0 Å². The molecule has 0 aromatic rings. The lowest BCUT2D eigenvalue weighted by Gasteiger charge is -2.19. The largest absolute Gasteiger partial charge is 0.298 e. The van der Waals surface area contributed by atoms with Crippen LogP contribution in [0.4, 0.5) is 0 Å². The molecule has 0 atom stereocenters. The third-order valence-electron chi connectivity index (χ3n) is 5.36. The maximum absolute atomic E-state index is 4.60. The standard InChI is InChI=1S/C23H47NSi2/c1-7-20-25(3,4)22-16-14-12-10-9-11-13-15-18-24-19-17-23-26(5,6)21-8-2/h7-8,19H,1-2,9-18,20-23H2,3-6H3. The van der Waals surface area contributed by atoms with Crippen molar-refractivity contribution in [2.24, 2.45) is 4.99 Å². The van der Waals surface area contributed by atoms with Crippen LogP contribution in [-0.4, -0.2) is 28.9 Å². The first-order valence-corrected chi connectivity index (χ1v) is 17.9. The van der Waals surface area contributed by atoms with Gasteiger partial charge in [-0.25, -0.2) is 0 Å². The molecule has 1 nitrogen and oxygen atoms in total. The molecule has 0 aliphatic carbocycles. The summed E-state index contributed by atoms with van der Waals surface area (Å²) in [5.41, 5.74) is 0. The van der Waals surface area contributed by atoms with E-state index in [9.17, 15) is 0 Å². The lowest BCUT2D eigenvalue weighted by atomic mass is 10.1. The zero-order valence-electron chi connectivity index (χ0n) is 18.5. The first kappa shape index (κ1) is 25.6. The normalized spacial score (nSPS) is 12.6. The van der Waals surface area contributed by atoms with Crippen molar-refractivity contribution >= 4 is 22.4 Å². The Bertz CT molecular complexity index is 386. The van der Waals surface area contributed by atoms with Gasteiger partial charge in [0.1, 0.15) is 0 Å². The van der Waals surface area contributed by atoms with Gasteiger partial charge in [0.25, 0.3) is 0 Å². The van der Waals surface area contributed by atoms with Gasteiger partial charge in [0, 0.05) is 6.54 Å². The van der Waals surface area contributed by atoms with Crippen LogP contribution in [0.5, 0.6) is 0 Å². The van der Waals surface area contributed by atoms with Crippen molar-refractivity contribution < 1.29 is 0 Å². The number of hydrogen-bond donors (Lipinski definition) is 0. The van der Waals surface area contributed by atoms with Crippen LogP contribution in [0.1, 0.15) is 57.8 Å². The zero-order valence-corrected chi connectivity index (χ0v) is 20.5. The van der Waals surface area contributed by atoms with E-state index in [1.807, 2.05) is 0 Å². The molecule has 3 heteroatoms. The molecule has 0 aliphatic heterocycles. The van der Waals surface area contributed by atoms with Crippen LogP contribution < -0.4 is 0 Å². The number of hydrogen-bond acceptors (Lipinski definition) is 1. The minimum absolute atomic E-state index is 0.952. The van der Waals surface area contributed by atoms with Gasteiger partial charge >= 0.3 is 0 Å². The topological polar surface area (TPSA) is 12.4 Å². The summed E-state index contributed by atoms with van der Waals surface area (Å²) < 4.78 is 0. The van der Waals surface area contributed by atoms with Gasteiger partial charge in [-0.1, -0.05) is 95.4 Å². The highest BCUT2D eigenvalue weighted by molar-refractivity contribution is 6.78. The third kappa shape index (κ3) is 17.0. The lowest BCUT2D eigenvalue weighted by molar-refractivity contribution is 0.577. The molecule has 0 aliphatic rings. The summed E-state index contributed by atoms with van der Waals surface area (Å²) in [4.78, 5) is 4.60. The Morgan fingerprint density at radius 1 is 0.654 bits per heavy atom. The minimum atomic E-state index is -1.03. The molecule has 0 saturated heterocycles. The van der Waals surface area contributed by atoms with Gasteiger partial charge < -0.3 is 0 Å². The summed E-state index contributed by atoms with van der Waals surface area (Å²) in [6.45, 7) is 18.7. The highest BCUT2D eigenvalue weighted by Crippen LogP contribution is 2.20. The van der Waals surface area contributed by atoms with Crippen molar-refractivity contribution in [3.8, 4) is 0 Å². The van der Waals surface area contributed by atoms with Crippen molar-refractivity contribution in [3.05, 3.63) is 25.3 Å². The molecule has 0 heterocycles. The second-order valence-electron chi connectivity index (χ2n) is 9.52. The van der Waals surface area contributed by atoms with E-state index in [0.717, 1.165) is 6.54 Å². The Morgan fingerprint density at radius 3 is 1.65 bits per heavy atom. The fraction of sp³-hybridized carbons (Fsp3) is 0.783. The van der Waals surface area contributed by atoms with Gasteiger partial charge in [-0.2, -0.15) is 0 Å². The highest BCUT2D eigenvalue weighted by Gasteiger charge is 2.17. The number of rotatable bonds is 18. The highest BCUT2D eigenvalue weighted by atomic mass is 28.3. The van der Waals surface area contributed by atoms with Crippen LogP contribution >= 0.6 is 0 Å². The Labute approximate surface area is 167 Å².